The fourth-order valence-corrected chi connectivity index (χ4v) is 9.60. The summed E-state index contributed by atoms with van der Waals surface area (Å²) >= 11 is 0. The average Bonchev–Trinajstić information content (AvgIpc) is 3.21. The van der Waals surface area contributed by atoms with Crippen molar-refractivity contribution in [3.05, 3.63) is 60.7 Å². The van der Waals surface area contributed by atoms with E-state index in [2.05, 4.69) is 91.7 Å². The normalized spacial score (nSPS) is 24.0. The molecule has 0 bridgehead atoms. The van der Waals surface area contributed by atoms with Crippen LogP contribution in [0.15, 0.2) is 60.7 Å². The van der Waals surface area contributed by atoms with Gasteiger partial charge in [0.1, 0.15) is 0 Å². The minimum Gasteiger partial charge on any atom is -0.400 e. The molecule has 1 N–H and O–H groups in total. The molecule has 0 aromatic heterocycles. The number of piperazine rings is 1. The van der Waals surface area contributed by atoms with Crippen LogP contribution >= 0.6 is 0 Å². The lowest BCUT2D eigenvalue weighted by Crippen LogP contribution is -2.69. The first kappa shape index (κ1) is 20.8. The predicted octanol–water partition coefficient (Wildman–Crippen LogP) is 2.24. The summed E-state index contributed by atoms with van der Waals surface area (Å²) in [6.07, 6.45) is 0.0967. The summed E-state index contributed by atoms with van der Waals surface area (Å²) in [5, 5.41) is 6.13. The molecule has 0 aliphatic carbocycles. The number of ether oxygens (including phenoxy) is 1. The molecule has 2 fully saturated rings. The molecule has 2 saturated heterocycles. The molecule has 2 atom stereocenters. The van der Waals surface area contributed by atoms with E-state index in [0.29, 0.717) is 12.6 Å². The van der Waals surface area contributed by atoms with E-state index in [1.165, 1.54) is 10.4 Å². The third kappa shape index (κ3) is 4.07. The van der Waals surface area contributed by atoms with Gasteiger partial charge in [-0.05, 0) is 15.4 Å². The first-order valence-corrected chi connectivity index (χ1v) is 12.7. The van der Waals surface area contributed by atoms with Crippen molar-refractivity contribution in [2.75, 3.05) is 39.4 Å². The monoisotopic (exact) mass is 410 g/mol. The third-order valence-corrected chi connectivity index (χ3v) is 11.4. The number of nitrogens with zero attached hydrogens (tertiary/aromatic N) is 1. The molecule has 4 nitrogen and oxygen atoms in total. The maximum absolute atomic E-state index is 7.35. The molecule has 0 amide bonds. The molecule has 2 aliphatic rings. The lowest BCUT2D eigenvalue weighted by Gasteiger charge is -2.46. The fourth-order valence-electron chi connectivity index (χ4n) is 4.91. The Kier molecular flexibility index (Phi) is 6.23. The SMILES string of the molecule is CC(C)(C)[Si](O[C@@H]1COC[C@@H]1N1CCNCC1)(c1ccccc1)c1ccccc1. The highest BCUT2D eigenvalue weighted by Crippen LogP contribution is 2.38. The first-order valence-electron chi connectivity index (χ1n) is 10.8. The fraction of sp³-hybridized carbons (Fsp3) is 0.500. The van der Waals surface area contributed by atoms with Crippen LogP contribution in [0.3, 0.4) is 0 Å². The summed E-state index contributed by atoms with van der Waals surface area (Å²) in [6.45, 7) is 12.7. The van der Waals surface area contributed by atoms with Crippen LogP contribution in [-0.2, 0) is 9.16 Å². The van der Waals surface area contributed by atoms with Crippen molar-refractivity contribution in [2.24, 2.45) is 0 Å². The second-order valence-corrected chi connectivity index (χ2v) is 13.5. The zero-order valence-corrected chi connectivity index (χ0v) is 18.9. The standard InChI is InChI=1S/C24H34N2O2Si/c1-24(2,3)29(20-10-6-4-7-11-20,21-12-8-5-9-13-21)28-23-19-27-18-22(23)26-16-14-25-15-17-26/h4-13,22-23,25H,14-19H2,1-3H3/t22-,23+/m0/s1. The van der Waals surface area contributed by atoms with E-state index in [1.54, 1.807) is 0 Å². The molecule has 2 aromatic rings. The minimum absolute atomic E-state index is 0.00764. The van der Waals surface area contributed by atoms with Crippen LogP contribution in [0.4, 0.5) is 0 Å². The molecule has 5 heteroatoms. The summed E-state index contributed by atoms with van der Waals surface area (Å²) in [5.41, 5.74) is 0. The number of benzene rings is 2. The maximum Gasteiger partial charge on any atom is 0.261 e. The molecule has 2 aromatic carbocycles. The molecule has 0 saturated carbocycles. The van der Waals surface area contributed by atoms with Crippen LogP contribution in [-0.4, -0.2) is 64.8 Å². The zero-order valence-electron chi connectivity index (χ0n) is 17.9. The Bertz CT molecular complexity index is 733. The van der Waals surface area contributed by atoms with Crippen LogP contribution < -0.4 is 15.7 Å². The molecule has 2 aliphatic heterocycles. The molecule has 0 spiro atoms. The molecule has 156 valence electrons. The van der Waals surface area contributed by atoms with Crippen LogP contribution in [0, 0.1) is 0 Å². The molecule has 0 unspecified atom stereocenters. The third-order valence-electron chi connectivity index (χ3n) is 6.37. The number of rotatable bonds is 5. The molecule has 4 rings (SSSR count). The van der Waals surface area contributed by atoms with Crippen molar-refractivity contribution in [3.8, 4) is 0 Å². The minimum atomic E-state index is -2.54. The average molecular weight is 411 g/mol. The molecular weight excluding hydrogens is 376 g/mol. The zero-order chi connectivity index (χ0) is 20.3. The lowest BCUT2D eigenvalue weighted by molar-refractivity contribution is 0.0839. The van der Waals surface area contributed by atoms with E-state index < -0.39 is 8.32 Å². The van der Waals surface area contributed by atoms with E-state index in [0.717, 1.165) is 32.8 Å². The Balaban J connectivity index is 1.76. The van der Waals surface area contributed by atoms with Gasteiger partial charge in [-0.1, -0.05) is 81.4 Å². The van der Waals surface area contributed by atoms with Gasteiger partial charge in [-0.15, -0.1) is 0 Å². The Morgan fingerprint density at radius 2 is 1.45 bits per heavy atom. The van der Waals surface area contributed by atoms with Crippen molar-refractivity contribution in [2.45, 2.75) is 38.0 Å². The van der Waals surface area contributed by atoms with Gasteiger partial charge in [-0.25, -0.2) is 0 Å². The first-order chi connectivity index (χ1) is 14.0. The van der Waals surface area contributed by atoms with E-state index >= 15 is 0 Å². The Hall–Kier alpha value is -1.50. The van der Waals surface area contributed by atoms with Gasteiger partial charge in [0.05, 0.1) is 25.4 Å². The van der Waals surface area contributed by atoms with Gasteiger partial charge in [0.25, 0.3) is 8.32 Å². The topological polar surface area (TPSA) is 33.7 Å². The highest BCUT2D eigenvalue weighted by Gasteiger charge is 2.53. The van der Waals surface area contributed by atoms with Crippen molar-refractivity contribution in [1.82, 2.24) is 10.2 Å². The molecule has 0 radical (unpaired) electrons. The summed E-state index contributed by atoms with van der Waals surface area (Å²) in [4.78, 5) is 2.56. The van der Waals surface area contributed by atoms with E-state index in [-0.39, 0.29) is 11.1 Å². The number of hydrogen-bond acceptors (Lipinski definition) is 4. The van der Waals surface area contributed by atoms with Gasteiger partial charge >= 0.3 is 0 Å². The Morgan fingerprint density at radius 1 is 0.897 bits per heavy atom. The van der Waals surface area contributed by atoms with Gasteiger partial charge in [0.2, 0.25) is 0 Å². The maximum atomic E-state index is 7.35. The quantitative estimate of drug-likeness (QED) is 0.767. The van der Waals surface area contributed by atoms with Crippen LogP contribution in [0.1, 0.15) is 20.8 Å². The van der Waals surface area contributed by atoms with Gasteiger partial charge in [0.15, 0.2) is 0 Å². The van der Waals surface area contributed by atoms with Gasteiger partial charge in [-0.3, -0.25) is 4.90 Å². The highest BCUT2D eigenvalue weighted by atomic mass is 28.4. The van der Waals surface area contributed by atoms with Gasteiger partial charge < -0.3 is 14.5 Å². The second-order valence-electron chi connectivity index (χ2n) is 9.21. The van der Waals surface area contributed by atoms with Gasteiger partial charge in [0, 0.05) is 26.2 Å². The van der Waals surface area contributed by atoms with Crippen LogP contribution in [0.2, 0.25) is 5.04 Å². The molecular formula is C24H34N2O2Si. The summed E-state index contributed by atoms with van der Waals surface area (Å²) in [6, 6.07) is 22.2. The summed E-state index contributed by atoms with van der Waals surface area (Å²) in [7, 11) is -2.54. The van der Waals surface area contributed by atoms with Crippen molar-refractivity contribution in [1.29, 1.82) is 0 Å². The van der Waals surface area contributed by atoms with E-state index in [9.17, 15) is 0 Å². The second kappa shape index (κ2) is 8.70. The van der Waals surface area contributed by atoms with Crippen molar-refractivity contribution in [3.63, 3.8) is 0 Å². The Labute approximate surface area is 176 Å². The summed E-state index contributed by atoms with van der Waals surface area (Å²) < 4.78 is 13.3. The van der Waals surface area contributed by atoms with Gasteiger partial charge in [-0.2, -0.15) is 0 Å². The predicted molar refractivity (Wildman–Crippen MR) is 122 cm³/mol. The van der Waals surface area contributed by atoms with E-state index in [4.69, 9.17) is 9.16 Å². The molecule has 29 heavy (non-hydrogen) atoms. The smallest absolute Gasteiger partial charge is 0.261 e. The largest absolute Gasteiger partial charge is 0.400 e. The molecule has 2 heterocycles. The highest BCUT2D eigenvalue weighted by molar-refractivity contribution is 6.99. The van der Waals surface area contributed by atoms with Crippen LogP contribution in [0.5, 0.6) is 0 Å². The Morgan fingerprint density at radius 3 is 1.97 bits per heavy atom. The van der Waals surface area contributed by atoms with E-state index in [1.807, 2.05) is 0 Å². The van der Waals surface area contributed by atoms with Crippen LogP contribution in [0.25, 0.3) is 0 Å². The van der Waals surface area contributed by atoms with Crippen molar-refractivity contribution >= 4 is 18.7 Å². The lowest BCUT2D eigenvalue weighted by atomic mass is 10.1. The number of hydrogen-bond donors (Lipinski definition) is 1. The summed E-state index contributed by atoms with van der Waals surface area (Å²) in [5.74, 6) is 0. The number of nitrogens with one attached hydrogen (secondary N) is 1. The van der Waals surface area contributed by atoms with Crippen molar-refractivity contribution < 1.29 is 9.16 Å².